The molecular formula is C18H20F2. The number of hydrogen-bond acceptors (Lipinski definition) is 0. The largest absolute Gasteiger partial charge is 0.270 e. The Labute approximate surface area is 119 Å². The van der Waals surface area contributed by atoms with E-state index in [-0.39, 0.29) is 11.0 Å². The van der Waals surface area contributed by atoms with E-state index in [0.717, 1.165) is 18.1 Å². The molecule has 0 heterocycles. The molecular weight excluding hydrogens is 254 g/mol. The molecule has 0 aliphatic rings. The SMILES string of the molecule is CC(C)(C)c1ccc(-c2cccc(C(C)(F)F)c2)cc1. The third kappa shape index (κ3) is 3.24. The van der Waals surface area contributed by atoms with Crippen LogP contribution in [0.5, 0.6) is 0 Å². The fourth-order valence-corrected chi connectivity index (χ4v) is 2.13. The van der Waals surface area contributed by atoms with Gasteiger partial charge in [-0.15, -0.1) is 0 Å². The molecule has 0 bridgehead atoms. The summed E-state index contributed by atoms with van der Waals surface area (Å²) in [5, 5.41) is 0. The minimum Gasteiger partial charge on any atom is -0.202 e. The second-order valence-corrected chi connectivity index (χ2v) is 6.30. The standard InChI is InChI=1S/C18H20F2/c1-17(2,3)15-10-8-13(9-11-15)14-6-5-7-16(12-14)18(4,19)20/h5-12H,1-4H3. The lowest BCUT2D eigenvalue weighted by atomic mass is 9.86. The van der Waals surface area contributed by atoms with Gasteiger partial charge >= 0.3 is 0 Å². The summed E-state index contributed by atoms with van der Waals surface area (Å²) in [6.45, 7) is 7.38. The molecule has 2 rings (SSSR count). The van der Waals surface area contributed by atoms with Crippen LogP contribution in [0.3, 0.4) is 0 Å². The predicted molar refractivity (Wildman–Crippen MR) is 80.1 cm³/mol. The van der Waals surface area contributed by atoms with E-state index < -0.39 is 5.92 Å². The molecule has 0 atom stereocenters. The Bertz CT molecular complexity index is 584. The van der Waals surface area contributed by atoms with Gasteiger partial charge in [0.2, 0.25) is 0 Å². The van der Waals surface area contributed by atoms with Crippen LogP contribution in [0.4, 0.5) is 8.78 Å². The van der Waals surface area contributed by atoms with Crippen molar-refractivity contribution < 1.29 is 8.78 Å². The van der Waals surface area contributed by atoms with Gasteiger partial charge in [-0.2, -0.15) is 0 Å². The van der Waals surface area contributed by atoms with E-state index in [9.17, 15) is 8.78 Å². The van der Waals surface area contributed by atoms with Crippen molar-refractivity contribution in [1.29, 1.82) is 0 Å². The van der Waals surface area contributed by atoms with Gasteiger partial charge in [-0.1, -0.05) is 63.2 Å². The molecule has 0 N–H and O–H groups in total. The van der Waals surface area contributed by atoms with Gasteiger partial charge < -0.3 is 0 Å². The zero-order chi connectivity index (χ0) is 15.0. The first kappa shape index (κ1) is 14.7. The Hall–Kier alpha value is -1.70. The fraction of sp³-hybridized carbons (Fsp3) is 0.333. The van der Waals surface area contributed by atoms with E-state index in [2.05, 4.69) is 32.9 Å². The summed E-state index contributed by atoms with van der Waals surface area (Å²) in [6, 6.07) is 14.7. The van der Waals surface area contributed by atoms with Gasteiger partial charge in [0.15, 0.2) is 0 Å². The van der Waals surface area contributed by atoms with Crippen molar-refractivity contribution in [2.24, 2.45) is 0 Å². The molecule has 0 nitrogen and oxygen atoms in total. The smallest absolute Gasteiger partial charge is 0.202 e. The molecule has 0 aromatic heterocycles. The average Bonchev–Trinajstić information content (AvgIpc) is 2.37. The number of rotatable bonds is 2. The van der Waals surface area contributed by atoms with Crippen LogP contribution < -0.4 is 0 Å². The Balaban J connectivity index is 2.38. The molecule has 0 radical (unpaired) electrons. The zero-order valence-electron chi connectivity index (χ0n) is 12.4. The van der Waals surface area contributed by atoms with Crippen molar-refractivity contribution in [3.63, 3.8) is 0 Å². The number of hydrogen-bond donors (Lipinski definition) is 0. The Morgan fingerprint density at radius 3 is 1.80 bits per heavy atom. The van der Waals surface area contributed by atoms with E-state index in [0.29, 0.717) is 0 Å². The fourth-order valence-electron chi connectivity index (χ4n) is 2.13. The van der Waals surface area contributed by atoms with Gasteiger partial charge in [-0.3, -0.25) is 0 Å². The van der Waals surface area contributed by atoms with Crippen LogP contribution in [-0.2, 0) is 11.3 Å². The number of benzene rings is 2. The van der Waals surface area contributed by atoms with Gasteiger partial charge in [0.1, 0.15) is 0 Å². The van der Waals surface area contributed by atoms with Crippen molar-refractivity contribution in [1.82, 2.24) is 0 Å². The highest BCUT2D eigenvalue weighted by molar-refractivity contribution is 5.64. The topological polar surface area (TPSA) is 0 Å². The average molecular weight is 274 g/mol. The van der Waals surface area contributed by atoms with Crippen LogP contribution >= 0.6 is 0 Å². The van der Waals surface area contributed by atoms with Crippen LogP contribution in [0.25, 0.3) is 11.1 Å². The lowest BCUT2D eigenvalue weighted by Gasteiger charge is -2.19. The highest BCUT2D eigenvalue weighted by atomic mass is 19.3. The van der Waals surface area contributed by atoms with Crippen LogP contribution in [0.15, 0.2) is 48.5 Å². The van der Waals surface area contributed by atoms with E-state index in [4.69, 9.17) is 0 Å². The maximum atomic E-state index is 13.4. The first-order valence-electron chi connectivity index (χ1n) is 6.77. The minimum absolute atomic E-state index is 0.0508. The van der Waals surface area contributed by atoms with Crippen LogP contribution in [0.1, 0.15) is 38.8 Å². The second-order valence-electron chi connectivity index (χ2n) is 6.30. The zero-order valence-corrected chi connectivity index (χ0v) is 12.4. The molecule has 0 unspecified atom stereocenters. The van der Waals surface area contributed by atoms with Gasteiger partial charge in [-0.05, 0) is 28.2 Å². The summed E-state index contributed by atoms with van der Waals surface area (Å²) in [5.41, 5.74) is 3.17. The lowest BCUT2D eigenvalue weighted by molar-refractivity contribution is 0.0175. The molecule has 0 amide bonds. The van der Waals surface area contributed by atoms with E-state index in [1.54, 1.807) is 12.1 Å². The summed E-state index contributed by atoms with van der Waals surface area (Å²) in [6.07, 6.45) is 0. The van der Waals surface area contributed by atoms with Gasteiger partial charge in [0, 0.05) is 12.5 Å². The second kappa shape index (κ2) is 5.01. The minimum atomic E-state index is -2.80. The normalized spacial score (nSPS) is 12.5. The van der Waals surface area contributed by atoms with Crippen molar-refractivity contribution in [3.8, 4) is 11.1 Å². The summed E-state index contributed by atoms with van der Waals surface area (Å²) in [5.74, 6) is -2.80. The molecule has 2 aromatic carbocycles. The molecule has 2 aromatic rings. The molecule has 2 heteroatoms. The molecule has 0 saturated carbocycles. The summed E-state index contributed by atoms with van der Waals surface area (Å²) >= 11 is 0. The molecule has 0 spiro atoms. The lowest BCUT2D eigenvalue weighted by Crippen LogP contribution is -2.10. The summed E-state index contributed by atoms with van der Waals surface area (Å²) < 4.78 is 26.7. The quantitative estimate of drug-likeness (QED) is 0.652. The third-order valence-corrected chi connectivity index (χ3v) is 3.45. The van der Waals surface area contributed by atoms with E-state index in [1.807, 2.05) is 18.2 Å². The first-order valence-corrected chi connectivity index (χ1v) is 6.77. The predicted octanol–water partition coefficient (Wildman–Crippen LogP) is 5.76. The van der Waals surface area contributed by atoms with E-state index >= 15 is 0 Å². The highest BCUT2D eigenvalue weighted by Gasteiger charge is 2.24. The van der Waals surface area contributed by atoms with Gasteiger partial charge in [0.25, 0.3) is 5.92 Å². The maximum Gasteiger partial charge on any atom is 0.270 e. The highest BCUT2D eigenvalue weighted by Crippen LogP contribution is 2.31. The summed E-state index contributed by atoms with van der Waals surface area (Å²) in [4.78, 5) is 0. The number of alkyl halides is 2. The Morgan fingerprint density at radius 1 is 0.700 bits per heavy atom. The Morgan fingerprint density at radius 2 is 1.30 bits per heavy atom. The molecule has 0 saturated heterocycles. The van der Waals surface area contributed by atoms with Crippen molar-refractivity contribution in [2.45, 2.75) is 39.0 Å². The first-order chi connectivity index (χ1) is 9.18. The van der Waals surface area contributed by atoms with Crippen molar-refractivity contribution in [3.05, 3.63) is 59.7 Å². The van der Waals surface area contributed by atoms with Crippen molar-refractivity contribution in [2.75, 3.05) is 0 Å². The monoisotopic (exact) mass is 274 g/mol. The molecule has 0 fully saturated rings. The number of halogens is 2. The van der Waals surface area contributed by atoms with Crippen LogP contribution in [0, 0.1) is 0 Å². The van der Waals surface area contributed by atoms with Crippen LogP contribution in [-0.4, -0.2) is 0 Å². The van der Waals surface area contributed by atoms with E-state index in [1.165, 1.54) is 11.6 Å². The van der Waals surface area contributed by atoms with Gasteiger partial charge in [-0.25, -0.2) is 8.78 Å². The third-order valence-electron chi connectivity index (χ3n) is 3.45. The maximum absolute atomic E-state index is 13.4. The van der Waals surface area contributed by atoms with Gasteiger partial charge in [0.05, 0.1) is 0 Å². The summed E-state index contributed by atoms with van der Waals surface area (Å²) in [7, 11) is 0. The molecule has 20 heavy (non-hydrogen) atoms. The van der Waals surface area contributed by atoms with Crippen LogP contribution in [0.2, 0.25) is 0 Å². The molecule has 0 aliphatic carbocycles. The molecule has 106 valence electrons. The Kier molecular flexibility index (Phi) is 3.68. The molecule has 0 aliphatic heterocycles. The van der Waals surface area contributed by atoms with Crippen molar-refractivity contribution >= 4 is 0 Å².